The summed E-state index contributed by atoms with van der Waals surface area (Å²) in [6.07, 6.45) is 5.60. The first kappa shape index (κ1) is 12.1. The highest BCUT2D eigenvalue weighted by molar-refractivity contribution is 9.10. The van der Waals surface area contributed by atoms with Crippen LogP contribution < -0.4 is 0 Å². The largest absolute Gasteiger partial charge is 0.393 e. The van der Waals surface area contributed by atoms with Crippen molar-refractivity contribution in [1.82, 2.24) is 9.78 Å². The summed E-state index contributed by atoms with van der Waals surface area (Å²) in [4.78, 5) is 0. The SMILES string of the molecule is CCCn1ncc(Br)c1C1(C)CCC(O)C1. The van der Waals surface area contributed by atoms with Crippen molar-refractivity contribution >= 4 is 15.9 Å². The Morgan fingerprint density at radius 3 is 3.00 bits per heavy atom. The monoisotopic (exact) mass is 286 g/mol. The quantitative estimate of drug-likeness (QED) is 0.928. The molecule has 2 rings (SSSR count). The average Bonchev–Trinajstić information content (AvgIpc) is 2.73. The van der Waals surface area contributed by atoms with Gasteiger partial charge < -0.3 is 5.11 Å². The summed E-state index contributed by atoms with van der Waals surface area (Å²) in [6.45, 7) is 5.34. The number of aromatic nitrogens is 2. The van der Waals surface area contributed by atoms with Crippen molar-refractivity contribution in [3.63, 3.8) is 0 Å². The molecule has 0 bridgehead atoms. The van der Waals surface area contributed by atoms with Gasteiger partial charge in [0.15, 0.2) is 0 Å². The van der Waals surface area contributed by atoms with Crippen LogP contribution in [0.4, 0.5) is 0 Å². The van der Waals surface area contributed by atoms with E-state index in [-0.39, 0.29) is 11.5 Å². The van der Waals surface area contributed by atoms with Crippen LogP contribution in [0.5, 0.6) is 0 Å². The molecule has 0 radical (unpaired) electrons. The summed E-state index contributed by atoms with van der Waals surface area (Å²) in [6, 6.07) is 0. The Morgan fingerprint density at radius 1 is 1.69 bits per heavy atom. The van der Waals surface area contributed by atoms with Crippen molar-refractivity contribution < 1.29 is 5.11 Å². The molecule has 2 unspecified atom stereocenters. The number of aliphatic hydroxyl groups is 1. The van der Waals surface area contributed by atoms with Gasteiger partial charge in [-0.3, -0.25) is 4.68 Å². The lowest BCUT2D eigenvalue weighted by atomic mass is 9.85. The number of hydrogen-bond acceptors (Lipinski definition) is 2. The van der Waals surface area contributed by atoms with Crippen LogP contribution in [0.3, 0.4) is 0 Å². The van der Waals surface area contributed by atoms with Gasteiger partial charge in [-0.1, -0.05) is 13.8 Å². The molecular weight excluding hydrogens is 268 g/mol. The molecule has 0 aliphatic heterocycles. The van der Waals surface area contributed by atoms with E-state index in [1.807, 2.05) is 6.20 Å². The maximum atomic E-state index is 9.73. The van der Waals surface area contributed by atoms with E-state index >= 15 is 0 Å². The Morgan fingerprint density at radius 2 is 2.44 bits per heavy atom. The van der Waals surface area contributed by atoms with Crippen LogP contribution in [0.25, 0.3) is 0 Å². The minimum atomic E-state index is -0.151. The molecule has 0 amide bonds. The van der Waals surface area contributed by atoms with E-state index in [2.05, 4.69) is 39.6 Å². The molecule has 3 nitrogen and oxygen atoms in total. The van der Waals surface area contributed by atoms with Gasteiger partial charge in [-0.25, -0.2) is 0 Å². The minimum Gasteiger partial charge on any atom is -0.393 e. The first-order valence-electron chi connectivity index (χ1n) is 5.96. The molecule has 0 aromatic carbocycles. The number of aryl methyl sites for hydroxylation is 1. The van der Waals surface area contributed by atoms with E-state index in [1.54, 1.807) is 0 Å². The zero-order chi connectivity index (χ0) is 11.8. The lowest BCUT2D eigenvalue weighted by Gasteiger charge is -2.25. The smallest absolute Gasteiger partial charge is 0.0635 e. The number of halogens is 1. The van der Waals surface area contributed by atoms with Gasteiger partial charge in [-0.05, 0) is 41.6 Å². The summed E-state index contributed by atoms with van der Waals surface area (Å²) >= 11 is 3.59. The zero-order valence-electron chi connectivity index (χ0n) is 9.91. The van der Waals surface area contributed by atoms with E-state index in [1.165, 1.54) is 5.69 Å². The fraction of sp³-hybridized carbons (Fsp3) is 0.750. The zero-order valence-corrected chi connectivity index (χ0v) is 11.5. The van der Waals surface area contributed by atoms with Gasteiger partial charge >= 0.3 is 0 Å². The van der Waals surface area contributed by atoms with Crippen molar-refractivity contribution in [1.29, 1.82) is 0 Å². The van der Waals surface area contributed by atoms with Crippen LogP contribution in [0, 0.1) is 0 Å². The topological polar surface area (TPSA) is 38.0 Å². The third kappa shape index (κ3) is 2.05. The van der Waals surface area contributed by atoms with Crippen molar-refractivity contribution in [2.45, 2.75) is 57.6 Å². The Kier molecular flexibility index (Phi) is 3.40. The van der Waals surface area contributed by atoms with E-state index in [0.29, 0.717) is 0 Å². The van der Waals surface area contributed by atoms with Crippen LogP contribution in [-0.4, -0.2) is 21.0 Å². The van der Waals surface area contributed by atoms with E-state index in [9.17, 15) is 5.11 Å². The standard InChI is InChI=1S/C12H19BrN2O/c1-3-6-15-11(10(13)8-14-15)12(2)5-4-9(16)7-12/h8-9,16H,3-7H2,1-2H3. The lowest BCUT2D eigenvalue weighted by molar-refractivity contribution is 0.174. The highest BCUT2D eigenvalue weighted by atomic mass is 79.9. The molecule has 2 atom stereocenters. The molecule has 16 heavy (non-hydrogen) atoms. The summed E-state index contributed by atoms with van der Waals surface area (Å²) in [5, 5.41) is 14.1. The summed E-state index contributed by atoms with van der Waals surface area (Å²) in [5.41, 5.74) is 1.33. The predicted molar refractivity (Wildman–Crippen MR) is 67.4 cm³/mol. The Labute approximate surface area is 105 Å². The van der Waals surface area contributed by atoms with Crippen molar-refractivity contribution in [2.24, 2.45) is 0 Å². The second-order valence-corrected chi connectivity index (χ2v) is 5.88. The molecule has 0 spiro atoms. The van der Waals surface area contributed by atoms with Crippen LogP contribution in [-0.2, 0) is 12.0 Å². The molecule has 1 heterocycles. The molecule has 1 aliphatic carbocycles. The normalized spacial score (nSPS) is 29.9. The number of hydrogen-bond donors (Lipinski definition) is 1. The Balaban J connectivity index is 2.34. The first-order valence-corrected chi connectivity index (χ1v) is 6.76. The average molecular weight is 287 g/mol. The number of rotatable bonds is 3. The van der Waals surface area contributed by atoms with Crippen LogP contribution >= 0.6 is 15.9 Å². The van der Waals surface area contributed by atoms with Gasteiger partial charge in [0.1, 0.15) is 0 Å². The van der Waals surface area contributed by atoms with Crippen LogP contribution in [0.2, 0.25) is 0 Å². The van der Waals surface area contributed by atoms with E-state index in [4.69, 9.17) is 0 Å². The highest BCUT2D eigenvalue weighted by Gasteiger charge is 2.39. The number of aliphatic hydroxyl groups excluding tert-OH is 1. The molecule has 1 saturated carbocycles. The molecule has 0 saturated heterocycles. The first-order chi connectivity index (χ1) is 7.57. The van der Waals surface area contributed by atoms with Gasteiger partial charge in [0.2, 0.25) is 0 Å². The summed E-state index contributed by atoms with van der Waals surface area (Å²) in [7, 11) is 0. The van der Waals surface area contributed by atoms with Gasteiger partial charge in [-0.15, -0.1) is 0 Å². The molecule has 1 aliphatic rings. The predicted octanol–water partition coefficient (Wildman–Crippen LogP) is 2.86. The minimum absolute atomic E-state index is 0.0733. The Hall–Kier alpha value is -0.350. The third-order valence-corrected chi connectivity index (χ3v) is 4.10. The lowest BCUT2D eigenvalue weighted by Crippen LogP contribution is -2.24. The van der Waals surface area contributed by atoms with Crippen molar-refractivity contribution in [2.75, 3.05) is 0 Å². The van der Waals surface area contributed by atoms with Crippen LogP contribution in [0.1, 0.15) is 45.2 Å². The summed E-state index contributed by atoms with van der Waals surface area (Å²) in [5.74, 6) is 0. The van der Waals surface area contributed by atoms with E-state index in [0.717, 1.165) is 36.7 Å². The van der Waals surface area contributed by atoms with Crippen LogP contribution in [0.15, 0.2) is 10.7 Å². The molecule has 1 fully saturated rings. The van der Waals surface area contributed by atoms with Gasteiger partial charge in [0.25, 0.3) is 0 Å². The molecule has 1 N–H and O–H groups in total. The fourth-order valence-corrected chi connectivity index (χ4v) is 3.54. The van der Waals surface area contributed by atoms with Crippen molar-refractivity contribution in [3.8, 4) is 0 Å². The van der Waals surface area contributed by atoms with Gasteiger partial charge in [0, 0.05) is 12.0 Å². The third-order valence-electron chi connectivity index (χ3n) is 3.52. The fourth-order valence-electron chi connectivity index (χ4n) is 2.77. The maximum absolute atomic E-state index is 9.73. The van der Waals surface area contributed by atoms with Crippen molar-refractivity contribution in [3.05, 3.63) is 16.4 Å². The molecular formula is C12H19BrN2O. The Bertz CT molecular complexity index is 377. The highest BCUT2D eigenvalue weighted by Crippen LogP contribution is 2.43. The van der Waals surface area contributed by atoms with Gasteiger partial charge in [0.05, 0.1) is 22.5 Å². The summed E-state index contributed by atoms with van der Waals surface area (Å²) < 4.78 is 3.17. The molecule has 1 aromatic rings. The van der Waals surface area contributed by atoms with Gasteiger partial charge in [-0.2, -0.15) is 5.10 Å². The molecule has 90 valence electrons. The molecule has 1 aromatic heterocycles. The van der Waals surface area contributed by atoms with E-state index < -0.39 is 0 Å². The maximum Gasteiger partial charge on any atom is 0.0635 e. The number of nitrogens with zero attached hydrogens (tertiary/aromatic N) is 2. The second kappa shape index (κ2) is 4.49. The molecule has 4 heteroatoms. The second-order valence-electron chi connectivity index (χ2n) is 5.02.